The molecule has 152 valence electrons. The van der Waals surface area contributed by atoms with Gasteiger partial charge in [0.25, 0.3) is 0 Å². The van der Waals surface area contributed by atoms with Crippen LogP contribution in [0.1, 0.15) is 5.56 Å². The van der Waals surface area contributed by atoms with E-state index in [-0.39, 0.29) is 0 Å². The Morgan fingerprint density at radius 2 is 1.86 bits per heavy atom. The largest absolute Gasteiger partial charge is 0.493 e. The van der Waals surface area contributed by atoms with Gasteiger partial charge in [-0.05, 0) is 42.0 Å². The smallest absolute Gasteiger partial charge is 0.329 e. The van der Waals surface area contributed by atoms with Crippen molar-refractivity contribution in [2.45, 2.75) is 0 Å². The first-order valence-electron chi connectivity index (χ1n) is 8.38. The molecule has 0 saturated carbocycles. The fourth-order valence-corrected chi connectivity index (χ4v) is 2.50. The van der Waals surface area contributed by atoms with Gasteiger partial charge in [-0.25, -0.2) is 5.43 Å². The van der Waals surface area contributed by atoms with Crippen LogP contribution < -0.4 is 25.0 Å². The molecule has 0 saturated heterocycles. The zero-order chi connectivity index (χ0) is 21.2. The molecule has 2 rings (SSSR count). The summed E-state index contributed by atoms with van der Waals surface area (Å²) in [7, 11) is 2.94. The van der Waals surface area contributed by atoms with Crippen molar-refractivity contribution in [3.63, 3.8) is 0 Å². The van der Waals surface area contributed by atoms with Crippen LogP contribution in [0.3, 0.4) is 0 Å². The number of nitrogens with zero attached hydrogens (tertiary/aromatic N) is 1. The molecule has 0 aliphatic carbocycles. The summed E-state index contributed by atoms with van der Waals surface area (Å²) in [6, 6.07) is 9.74. The van der Waals surface area contributed by atoms with E-state index in [1.165, 1.54) is 20.4 Å². The van der Waals surface area contributed by atoms with Gasteiger partial charge in [-0.15, -0.1) is 0 Å². The molecular weight excluding hydrogens is 398 g/mol. The molecular formula is C20H20ClN3O5. The highest BCUT2D eigenvalue weighted by molar-refractivity contribution is 6.39. The molecule has 0 aliphatic heterocycles. The minimum Gasteiger partial charge on any atom is -0.493 e. The maximum Gasteiger partial charge on any atom is 0.329 e. The van der Waals surface area contributed by atoms with Gasteiger partial charge >= 0.3 is 11.8 Å². The second-order valence-corrected chi connectivity index (χ2v) is 5.92. The summed E-state index contributed by atoms with van der Waals surface area (Å²) in [6.45, 7) is 3.93. The molecule has 2 aromatic rings. The van der Waals surface area contributed by atoms with E-state index in [1.54, 1.807) is 42.5 Å². The van der Waals surface area contributed by atoms with Gasteiger partial charge in [0.1, 0.15) is 12.4 Å². The Labute approximate surface area is 173 Å². The van der Waals surface area contributed by atoms with Crippen molar-refractivity contribution < 1.29 is 23.8 Å². The van der Waals surface area contributed by atoms with E-state index in [1.807, 2.05) is 0 Å². The van der Waals surface area contributed by atoms with Crippen LogP contribution in [0.2, 0.25) is 5.02 Å². The van der Waals surface area contributed by atoms with Gasteiger partial charge in [0.2, 0.25) is 0 Å². The minimum atomic E-state index is -0.931. The number of ether oxygens (including phenoxy) is 3. The summed E-state index contributed by atoms with van der Waals surface area (Å²) >= 11 is 6.10. The zero-order valence-corrected chi connectivity index (χ0v) is 16.7. The molecule has 0 spiro atoms. The average Bonchev–Trinajstić information content (AvgIpc) is 2.72. The lowest BCUT2D eigenvalue weighted by Gasteiger charge is -2.10. The standard InChI is InChI=1S/C20H20ClN3O5/c1-4-9-29-15-7-5-14(6-8-15)23-19(25)20(26)24-22-12-13-10-16(21)18(28-3)17(11-13)27-2/h4-8,10-12H,1,9H2,2-3H3,(H,23,25)(H,24,26)/b22-12-. The van der Waals surface area contributed by atoms with Gasteiger partial charge in [-0.3, -0.25) is 9.59 Å². The van der Waals surface area contributed by atoms with E-state index in [2.05, 4.69) is 22.4 Å². The van der Waals surface area contributed by atoms with Crippen LogP contribution in [0.5, 0.6) is 17.2 Å². The lowest BCUT2D eigenvalue weighted by Crippen LogP contribution is -2.32. The highest BCUT2D eigenvalue weighted by Crippen LogP contribution is 2.35. The summed E-state index contributed by atoms with van der Waals surface area (Å²) in [5.41, 5.74) is 3.13. The average molecular weight is 418 g/mol. The number of carbonyl (C=O) groups is 2. The summed E-state index contributed by atoms with van der Waals surface area (Å²) < 4.78 is 15.7. The van der Waals surface area contributed by atoms with Gasteiger partial charge < -0.3 is 19.5 Å². The number of nitrogens with one attached hydrogen (secondary N) is 2. The summed E-state index contributed by atoms with van der Waals surface area (Å²) in [5, 5.41) is 6.53. The number of hydrogen-bond acceptors (Lipinski definition) is 6. The summed E-state index contributed by atoms with van der Waals surface area (Å²) in [5.74, 6) is -0.390. The van der Waals surface area contributed by atoms with Crippen LogP contribution in [-0.4, -0.2) is 38.9 Å². The van der Waals surface area contributed by atoms with Crippen molar-refractivity contribution in [3.05, 3.63) is 59.6 Å². The molecule has 8 nitrogen and oxygen atoms in total. The molecule has 0 fully saturated rings. The Morgan fingerprint density at radius 1 is 1.14 bits per heavy atom. The third-order valence-corrected chi connectivity index (χ3v) is 3.80. The molecule has 2 aromatic carbocycles. The quantitative estimate of drug-likeness (QED) is 0.298. The molecule has 0 aliphatic rings. The van der Waals surface area contributed by atoms with E-state index in [0.29, 0.717) is 40.1 Å². The third-order valence-electron chi connectivity index (χ3n) is 3.52. The molecule has 0 atom stereocenters. The van der Waals surface area contributed by atoms with Gasteiger partial charge in [0.05, 0.1) is 25.5 Å². The SMILES string of the molecule is C=CCOc1ccc(NC(=O)C(=O)N/N=C\c2cc(Cl)c(OC)c(OC)c2)cc1. The number of benzene rings is 2. The van der Waals surface area contributed by atoms with Crippen LogP contribution in [0.4, 0.5) is 5.69 Å². The predicted molar refractivity (Wildman–Crippen MR) is 111 cm³/mol. The molecule has 0 radical (unpaired) electrons. The Kier molecular flexibility index (Phi) is 8.05. The Morgan fingerprint density at radius 3 is 2.48 bits per heavy atom. The van der Waals surface area contributed by atoms with E-state index >= 15 is 0 Å². The number of carbonyl (C=O) groups excluding carboxylic acids is 2. The first-order chi connectivity index (χ1) is 14.0. The molecule has 2 N–H and O–H groups in total. The molecule has 2 amide bonds. The molecule has 9 heteroatoms. The predicted octanol–water partition coefficient (Wildman–Crippen LogP) is 3.01. The van der Waals surface area contributed by atoms with E-state index in [9.17, 15) is 9.59 Å². The lowest BCUT2D eigenvalue weighted by molar-refractivity contribution is -0.136. The Hall–Kier alpha value is -3.52. The lowest BCUT2D eigenvalue weighted by atomic mass is 10.2. The molecule has 0 aromatic heterocycles. The van der Waals surface area contributed by atoms with E-state index < -0.39 is 11.8 Å². The molecule has 29 heavy (non-hydrogen) atoms. The number of hydrogen-bond donors (Lipinski definition) is 2. The molecule has 0 heterocycles. The summed E-state index contributed by atoms with van der Waals surface area (Å²) in [6.07, 6.45) is 2.95. The van der Waals surface area contributed by atoms with Gasteiger partial charge in [-0.2, -0.15) is 5.10 Å². The number of amides is 2. The van der Waals surface area contributed by atoms with Gasteiger partial charge in [0.15, 0.2) is 11.5 Å². The number of hydrazone groups is 1. The number of anilines is 1. The number of rotatable bonds is 8. The second kappa shape index (κ2) is 10.7. The Balaban J connectivity index is 1.93. The van der Waals surface area contributed by atoms with Crippen LogP contribution in [0, 0.1) is 0 Å². The molecule has 0 unspecified atom stereocenters. The van der Waals surface area contributed by atoms with Crippen LogP contribution >= 0.6 is 11.6 Å². The molecule has 0 bridgehead atoms. The minimum absolute atomic E-state index is 0.317. The fraction of sp³-hybridized carbons (Fsp3) is 0.150. The van der Waals surface area contributed by atoms with E-state index in [4.69, 9.17) is 25.8 Å². The highest BCUT2D eigenvalue weighted by atomic mass is 35.5. The maximum atomic E-state index is 12.0. The number of methoxy groups -OCH3 is 2. The van der Waals surface area contributed by atoms with Crippen molar-refractivity contribution in [2.24, 2.45) is 5.10 Å². The Bertz CT molecular complexity index is 913. The van der Waals surface area contributed by atoms with Crippen molar-refractivity contribution >= 4 is 35.3 Å². The van der Waals surface area contributed by atoms with Gasteiger partial charge in [-0.1, -0.05) is 24.3 Å². The van der Waals surface area contributed by atoms with Crippen molar-refractivity contribution in [1.82, 2.24) is 5.43 Å². The zero-order valence-electron chi connectivity index (χ0n) is 15.9. The van der Waals surface area contributed by atoms with Crippen molar-refractivity contribution in [1.29, 1.82) is 0 Å². The first kappa shape index (κ1) is 21.8. The van der Waals surface area contributed by atoms with Crippen molar-refractivity contribution in [2.75, 3.05) is 26.1 Å². The topological polar surface area (TPSA) is 98.2 Å². The number of halogens is 1. The summed E-state index contributed by atoms with van der Waals surface area (Å²) in [4.78, 5) is 23.8. The van der Waals surface area contributed by atoms with Crippen LogP contribution in [0.25, 0.3) is 0 Å². The first-order valence-corrected chi connectivity index (χ1v) is 8.76. The highest BCUT2D eigenvalue weighted by Gasteiger charge is 2.13. The van der Waals surface area contributed by atoms with Crippen LogP contribution in [0.15, 0.2) is 54.2 Å². The van der Waals surface area contributed by atoms with Crippen molar-refractivity contribution in [3.8, 4) is 17.2 Å². The monoisotopic (exact) mass is 417 g/mol. The van der Waals surface area contributed by atoms with Gasteiger partial charge in [0, 0.05) is 5.69 Å². The maximum absolute atomic E-state index is 12.0. The fourth-order valence-electron chi connectivity index (χ4n) is 2.21. The van der Waals surface area contributed by atoms with Crippen LogP contribution in [-0.2, 0) is 9.59 Å². The van der Waals surface area contributed by atoms with E-state index in [0.717, 1.165) is 0 Å². The third kappa shape index (κ3) is 6.25. The second-order valence-electron chi connectivity index (χ2n) is 5.52. The normalized spacial score (nSPS) is 10.3.